The molecule has 0 aliphatic rings. The first-order valence-corrected chi connectivity index (χ1v) is 34.7. The molecule has 0 aliphatic heterocycles. The molecule has 0 aromatic heterocycles. The first-order valence-electron chi connectivity index (χ1n) is 30.5. The number of nitrogens with zero attached hydrogens (tertiary/aromatic N) is 1. The van der Waals surface area contributed by atoms with E-state index in [0.717, 1.165) is 126 Å². The lowest BCUT2D eigenvalue weighted by Crippen LogP contribution is -2.66. The van der Waals surface area contributed by atoms with E-state index in [-0.39, 0.29) is 29.2 Å². The molecule has 0 saturated heterocycles. The highest BCUT2D eigenvalue weighted by atomic mass is 32.2. The number of hydrogen-bond donors (Lipinski definition) is 0. The molecule has 0 saturated carbocycles. The van der Waals surface area contributed by atoms with Crippen LogP contribution >= 0.6 is 23.5 Å². The minimum absolute atomic E-state index is 0.000631. The van der Waals surface area contributed by atoms with Crippen LogP contribution in [0.2, 0.25) is 5.04 Å². The topological polar surface area (TPSA) is 65.1 Å². The first kappa shape index (κ1) is 67.3. The minimum Gasteiger partial charge on any atom is -0.461 e. The van der Waals surface area contributed by atoms with Crippen LogP contribution in [0.5, 0.6) is 0 Å². The molecule has 0 bridgehead atoms. The number of rotatable bonds is 49. The fraction of sp³-hybridized carbons (Fsp3) is 0.781. The van der Waals surface area contributed by atoms with Gasteiger partial charge in [0.25, 0.3) is 8.32 Å². The Balaban J connectivity index is 2.12. The van der Waals surface area contributed by atoms with Gasteiger partial charge in [0.1, 0.15) is 12.2 Å². The molecule has 2 rings (SSSR count). The smallest absolute Gasteiger partial charge is 0.306 e. The molecule has 73 heavy (non-hydrogen) atoms. The Labute approximate surface area is 461 Å². The number of carbonyl (C=O) groups is 2. The number of ether oxygens (including phenoxy) is 2. The van der Waals surface area contributed by atoms with Gasteiger partial charge < -0.3 is 18.8 Å². The van der Waals surface area contributed by atoms with Crippen LogP contribution in [0.15, 0.2) is 60.7 Å². The van der Waals surface area contributed by atoms with Crippen molar-refractivity contribution in [3.05, 3.63) is 60.7 Å². The van der Waals surface area contributed by atoms with Crippen LogP contribution in [0, 0.1) is 0 Å². The van der Waals surface area contributed by atoms with E-state index in [9.17, 15) is 9.59 Å². The Morgan fingerprint density at radius 2 is 0.877 bits per heavy atom. The number of unbranched alkanes of at least 4 members (excludes halogenated alkanes) is 19. The number of hydrogen-bond acceptors (Lipinski definition) is 8. The molecular weight excluding hydrogens is 955 g/mol. The van der Waals surface area contributed by atoms with Crippen molar-refractivity contribution in [2.45, 2.75) is 277 Å². The van der Waals surface area contributed by atoms with Gasteiger partial charge in [-0.05, 0) is 118 Å². The maximum absolute atomic E-state index is 13.1. The van der Waals surface area contributed by atoms with Gasteiger partial charge in [-0.15, -0.1) is 0 Å². The number of benzene rings is 2. The molecule has 0 spiro atoms. The molecule has 9 heteroatoms. The summed E-state index contributed by atoms with van der Waals surface area (Å²) in [6.07, 6.45) is 36.2. The van der Waals surface area contributed by atoms with Crippen LogP contribution in [0.4, 0.5) is 0 Å². The largest absolute Gasteiger partial charge is 0.461 e. The average Bonchev–Trinajstić information content (AvgIpc) is 3.38. The molecule has 0 heterocycles. The Kier molecular flexibility index (Phi) is 40.8. The van der Waals surface area contributed by atoms with Gasteiger partial charge in [-0.1, -0.05) is 225 Å². The normalized spacial score (nSPS) is 13.3. The van der Waals surface area contributed by atoms with Gasteiger partial charge in [0.2, 0.25) is 0 Å². The minimum atomic E-state index is -2.57. The summed E-state index contributed by atoms with van der Waals surface area (Å²) < 4.78 is 19.8. The van der Waals surface area contributed by atoms with E-state index in [1.54, 1.807) is 0 Å². The van der Waals surface area contributed by atoms with Crippen molar-refractivity contribution in [2.75, 3.05) is 43.2 Å². The first-order chi connectivity index (χ1) is 35.5. The van der Waals surface area contributed by atoms with Gasteiger partial charge in [-0.2, -0.15) is 23.5 Å². The summed E-state index contributed by atoms with van der Waals surface area (Å²) in [6, 6.07) is 22.5. The van der Waals surface area contributed by atoms with Gasteiger partial charge >= 0.3 is 11.9 Å². The van der Waals surface area contributed by atoms with Gasteiger partial charge in [-0.25, -0.2) is 0 Å². The molecule has 0 N–H and O–H groups in total. The molecule has 0 fully saturated rings. The Bertz CT molecular complexity index is 1480. The number of esters is 2. The highest BCUT2D eigenvalue weighted by molar-refractivity contribution is 7.99. The third-order valence-corrected chi connectivity index (χ3v) is 22.3. The second-order valence-corrected chi connectivity index (χ2v) is 29.1. The van der Waals surface area contributed by atoms with Gasteiger partial charge in [0.05, 0.1) is 0 Å². The molecular formula is C64H113NO5S2Si. The molecule has 2 unspecified atom stereocenters. The van der Waals surface area contributed by atoms with E-state index in [1.807, 2.05) is 23.5 Å². The average molecular weight is 1070 g/mol. The van der Waals surface area contributed by atoms with Crippen molar-refractivity contribution in [1.82, 2.24) is 4.90 Å². The van der Waals surface area contributed by atoms with Crippen LogP contribution in [0.3, 0.4) is 0 Å². The van der Waals surface area contributed by atoms with Crippen LogP contribution in [-0.4, -0.2) is 86.6 Å². The van der Waals surface area contributed by atoms with E-state index in [1.165, 1.54) is 113 Å². The van der Waals surface area contributed by atoms with Crippen LogP contribution in [0.1, 0.15) is 254 Å². The molecule has 2 atom stereocenters. The fourth-order valence-electron chi connectivity index (χ4n) is 10.4. The molecule has 0 radical (unpaired) electrons. The zero-order chi connectivity index (χ0) is 53.1. The summed E-state index contributed by atoms with van der Waals surface area (Å²) in [6.45, 7) is 17.9. The fourth-order valence-corrected chi connectivity index (χ4v) is 17.1. The lowest BCUT2D eigenvalue weighted by molar-refractivity contribution is -0.149. The molecule has 6 nitrogen and oxygen atoms in total. The van der Waals surface area contributed by atoms with Crippen LogP contribution in [-0.2, 0) is 23.5 Å². The van der Waals surface area contributed by atoms with Crippen molar-refractivity contribution in [1.29, 1.82) is 0 Å². The molecule has 0 amide bonds. The van der Waals surface area contributed by atoms with Crippen molar-refractivity contribution >= 4 is 54.2 Å². The standard InChI is InChI=1S/C64H113NO5S2Si/c1-9-13-17-19-21-23-31-49-62(66)69-58(55-71-53-39-15-11-3)43-35-33-41-57(42-34-36-44-59(56-72-54-40-16-12-4)70-63(67)50-32-24-22-20-18-14-10-2)65(8)51-37-38-52-68-73(64(5,6)7,60-45-27-25-28-46-60)61-47-29-26-30-48-61/h25-30,45-48,57-59H,9-24,31-44,49-56H2,1-8H3. The third kappa shape index (κ3) is 31.3. The Morgan fingerprint density at radius 3 is 1.29 bits per heavy atom. The predicted octanol–water partition coefficient (Wildman–Crippen LogP) is 17.7. The summed E-state index contributed by atoms with van der Waals surface area (Å²) in [5, 5.41) is 2.65. The maximum atomic E-state index is 13.1. The lowest BCUT2D eigenvalue weighted by Gasteiger charge is -2.43. The zero-order valence-corrected chi connectivity index (χ0v) is 51.3. The zero-order valence-electron chi connectivity index (χ0n) is 48.7. The van der Waals surface area contributed by atoms with Crippen molar-refractivity contribution in [2.24, 2.45) is 0 Å². The Hall–Kier alpha value is -1.78. The predicted molar refractivity (Wildman–Crippen MR) is 325 cm³/mol. The maximum Gasteiger partial charge on any atom is 0.306 e. The second kappa shape index (κ2) is 44.2. The summed E-state index contributed by atoms with van der Waals surface area (Å²) in [4.78, 5) is 28.9. The lowest BCUT2D eigenvalue weighted by atomic mass is 9.99. The molecule has 420 valence electrons. The van der Waals surface area contributed by atoms with Crippen molar-refractivity contribution in [3.63, 3.8) is 0 Å². The highest BCUT2D eigenvalue weighted by Crippen LogP contribution is 2.37. The molecule has 0 aliphatic carbocycles. The summed E-state index contributed by atoms with van der Waals surface area (Å²) in [5.41, 5.74) is 0. The quantitative estimate of drug-likeness (QED) is 0.0369. The van der Waals surface area contributed by atoms with E-state index in [2.05, 4.69) is 121 Å². The number of thioether (sulfide) groups is 2. The van der Waals surface area contributed by atoms with E-state index in [0.29, 0.717) is 18.9 Å². The molecule has 2 aromatic carbocycles. The summed E-state index contributed by atoms with van der Waals surface area (Å²) in [5.74, 6) is 4.12. The van der Waals surface area contributed by atoms with Gasteiger partial charge in [-0.3, -0.25) is 9.59 Å². The van der Waals surface area contributed by atoms with Crippen LogP contribution < -0.4 is 10.4 Å². The molecule has 2 aromatic rings. The van der Waals surface area contributed by atoms with Crippen molar-refractivity contribution in [3.8, 4) is 0 Å². The summed E-state index contributed by atoms with van der Waals surface area (Å²) >= 11 is 3.95. The van der Waals surface area contributed by atoms with Gasteiger partial charge in [0.15, 0.2) is 0 Å². The SMILES string of the molecule is CCCCCCCCCC(=O)OC(CCCCC(CCCCC(CSCCCCC)OC(=O)CCCCCCCCC)N(C)CCCCO[Si](c1ccccc1)(c1ccccc1)C(C)(C)C)CSCCCCC. The van der Waals surface area contributed by atoms with E-state index >= 15 is 0 Å². The monoisotopic (exact) mass is 1070 g/mol. The van der Waals surface area contributed by atoms with E-state index in [4.69, 9.17) is 13.9 Å². The van der Waals surface area contributed by atoms with Crippen molar-refractivity contribution < 1.29 is 23.5 Å². The second-order valence-electron chi connectivity index (χ2n) is 22.5. The van der Waals surface area contributed by atoms with Crippen LogP contribution in [0.25, 0.3) is 0 Å². The Morgan fingerprint density at radius 1 is 0.493 bits per heavy atom. The third-order valence-electron chi connectivity index (χ3n) is 14.8. The van der Waals surface area contributed by atoms with Gasteiger partial charge in [0, 0.05) is 37.0 Å². The van der Waals surface area contributed by atoms with E-state index < -0.39 is 8.32 Å². The highest BCUT2D eigenvalue weighted by Gasteiger charge is 2.50. The number of carbonyl (C=O) groups excluding carboxylic acids is 2. The summed E-state index contributed by atoms with van der Waals surface area (Å²) in [7, 11) is -0.227.